The molecule has 0 bridgehead atoms. The van der Waals surface area contributed by atoms with Gasteiger partial charge in [0, 0.05) is 31.2 Å². The summed E-state index contributed by atoms with van der Waals surface area (Å²) in [7, 11) is 0. The highest BCUT2D eigenvalue weighted by Gasteiger charge is 2.32. The lowest BCUT2D eigenvalue weighted by Gasteiger charge is -2.37. The Morgan fingerprint density at radius 1 is 1.00 bits per heavy atom. The summed E-state index contributed by atoms with van der Waals surface area (Å²) < 4.78 is 18.9. The first-order valence-corrected chi connectivity index (χ1v) is 10.1. The number of benzene rings is 2. The number of hydrogen-bond donors (Lipinski definition) is 0. The number of fused-ring (bicyclic) bond motifs is 1. The van der Waals surface area contributed by atoms with Gasteiger partial charge in [0.25, 0.3) is 5.91 Å². The molecule has 1 unspecified atom stereocenters. The topological polar surface area (TPSA) is 49.9 Å². The van der Waals surface area contributed by atoms with Gasteiger partial charge in [-0.1, -0.05) is 23.2 Å². The molecule has 0 aliphatic carbocycles. The van der Waals surface area contributed by atoms with E-state index >= 15 is 0 Å². The van der Waals surface area contributed by atoms with Crippen LogP contribution >= 0.6 is 23.2 Å². The second-order valence-electron chi connectivity index (χ2n) is 7.21. The summed E-state index contributed by atoms with van der Waals surface area (Å²) in [6.45, 7) is 1.99. The van der Waals surface area contributed by atoms with Gasteiger partial charge in [-0.15, -0.1) is 0 Å². The van der Waals surface area contributed by atoms with E-state index in [1.165, 1.54) is 12.1 Å². The van der Waals surface area contributed by atoms with Gasteiger partial charge in [0.1, 0.15) is 18.2 Å². The minimum Gasteiger partial charge on any atom is -0.492 e. The third kappa shape index (κ3) is 4.19. The highest BCUT2D eigenvalue weighted by atomic mass is 35.5. The molecule has 1 saturated heterocycles. The molecule has 1 atom stereocenters. The van der Waals surface area contributed by atoms with Gasteiger partial charge >= 0.3 is 0 Å². The minimum absolute atomic E-state index is 0.0162. The van der Waals surface area contributed by atoms with Crippen LogP contribution in [0.2, 0.25) is 10.0 Å². The van der Waals surface area contributed by atoms with Crippen LogP contribution in [-0.2, 0) is 11.2 Å². The molecule has 0 spiro atoms. The van der Waals surface area contributed by atoms with Crippen molar-refractivity contribution >= 4 is 35.0 Å². The summed E-state index contributed by atoms with van der Waals surface area (Å²) in [6.07, 6.45) is 0.582. The van der Waals surface area contributed by atoms with Crippen molar-refractivity contribution in [3.05, 3.63) is 63.4 Å². The summed E-state index contributed by atoms with van der Waals surface area (Å²) in [4.78, 5) is 29.0. The van der Waals surface area contributed by atoms with E-state index in [-0.39, 0.29) is 28.3 Å². The number of nitrogens with zero attached hydrogens (tertiary/aromatic N) is 2. The van der Waals surface area contributed by atoms with Crippen LogP contribution in [-0.4, -0.2) is 54.4 Å². The minimum atomic E-state index is -0.487. The first-order valence-electron chi connectivity index (χ1n) is 9.36. The van der Waals surface area contributed by atoms with E-state index in [1.807, 2.05) is 12.1 Å². The number of halogens is 3. The van der Waals surface area contributed by atoms with E-state index in [0.717, 1.165) is 17.4 Å². The van der Waals surface area contributed by atoms with Gasteiger partial charge in [-0.05, 0) is 48.4 Å². The number of piperazine rings is 1. The maximum absolute atomic E-state index is 13.2. The Hall–Kier alpha value is -2.31. The number of carbonyl (C=O) groups is 2. The van der Waals surface area contributed by atoms with Crippen LogP contribution in [0.3, 0.4) is 0 Å². The molecule has 5 nitrogen and oxygen atoms in total. The van der Waals surface area contributed by atoms with Gasteiger partial charge in [-0.25, -0.2) is 4.39 Å². The van der Waals surface area contributed by atoms with Crippen molar-refractivity contribution < 1.29 is 18.7 Å². The zero-order chi connectivity index (χ0) is 20.5. The molecule has 2 aliphatic heterocycles. The fourth-order valence-electron chi connectivity index (χ4n) is 3.74. The fourth-order valence-corrected chi connectivity index (χ4v) is 4.19. The Balaban J connectivity index is 1.37. The van der Waals surface area contributed by atoms with E-state index in [1.54, 1.807) is 15.9 Å². The van der Waals surface area contributed by atoms with Gasteiger partial charge in [-0.3, -0.25) is 9.59 Å². The highest BCUT2D eigenvalue weighted by molar-refractivity contribution is 6.33. The lowest BCUT2D eigenvalue weighted by molar-refractivity contribution is -0.138. The normalized spacial score (nSPS) is 18.8. The standard InChI is InChI=1S/C21H19Cl2FN2O3/c22-15-1-4-19-13(10-15)9-14(12-29-19)20(27)25-5-7-26(8-6-25)21(28)17-3-2-16(24)11-18(17)23/h1-4,10-11,14H,5-9,12H2. The Kier molecular flexibility index (Phi) is 5.65. The predicted octanol–water partition coefficient (Wildman–Crippen LogP) is 3.67. The molecule has 0 N–H and O–H groups in total. The first kappa shape index (κ1) is 20.0. The Bertz CT molecular complexity index is 961. The monoisotopic (exact) mass is 436 g/mol. The van der Waals surface area contributed by atoms with Crippen LogP contribution in [0.15, 0.2) is 36.4 Å². The molecule has 2 aliphatic rings. The van der Waals surface area contributed by atoms with Gasteiger partial charge < -0.3 is 14.5 Å². The maximum atomic E-state index is 13.2. The molecule has 152 valence electrons. The van der Waals surface area contributed by atoms with Crippen molar-refractivity contribution in [1.29, 1.82) is 0 Å². The largest absolute Gasteiger partial charge is 0.492 e. The molecule has 2 heterocycles. The quantitative estimate of drug-likeness (QED) is 0.721. The lowest BCUT2D eigenvalue weighted by atomic mass is 9.95. The smallest absolute Gasteiger partial charge is 0.255 e. The summed E-state index contributed by atoms with van der Waals surface area (Å²) in [5.41, 5.74) is 1.20. The van der Waals surface area contributed by atoms with E-state index in [0.29, 0.717) is 44.2 Å². The predicted molar refractivity (Wildman–Crippen MR) is 108 cm³/mol. The average Bonchev–Trinajstić information content (AvgIpc) is 2.72. The Morgan fingerprint density at radius 2 is 1.72 bits per heavy atom. The summed E-state index contributed by atoms with van der Waals surface area (Å²) in [5, 5.41) is 0.706. The summed E-state index contributed by atoms with van der Waals surface area (Å²) in [5.74, 6) is -0.228. The zero-order valence-corrected chi connectivity index (χ0v) is 17.0. The van der Waals surface area contributed by atoms with E-state index in [9.17, 15) is 14.0 Å². The van der Waals surface area contributed by atoms with Crippen LogP contribution in [0, 0.1) is 11.7 Å². The molecule has 8 heteroatoms. The van der Waals surface area contributed by atoms with Crippen LogP contribution < -0.4 is 4.74 Å². The molecular formula is C21H19Cl2FN2O3. The molecule has 29 heavy (non-hydrogen) atoms. The van der Waals surface area contributed by atoms with Gasteiger partial charge in [0.05, 0.1) is 16.5 Å². The fraction of sp³-hybridized carbons (Fsp3) is 0.333. The Morgan fingerprint density at radius 3 is 2.45 bits per heavy atom. The molecule has 2 aromatic rings. The van der Waals surface area contributed by atoms with Gasteiger partial charge in [-0.2, -0.15) is 0 Å². The highest BCUT2D eigenvalue weighted by Crippen LogP contribution is 2.30. The van der Waals surface area contributed by atoms with Gasteiger partial charge in [0.15, 0.2) is 0 Å². The number of hydrogen-bond acceptors (Lipinski definition) is 3. The van der Waals surface area contributed by atoms with Crippen LogP contribution in [0.5, 0.6) is 5.75 Å². The second kappa shape index (κ2) is 8.20. The summed E-state index contributed by atoms with van der Waals surface area (Å²) in [6, 6.07) is 9.15. The van der Waals surface area contributed by atoms with Crippen molar-refractivity contribution in [2.75, 3.05) is 32.8 Å². The van der Waals surface area contributed by atoms with E-state index in [2.05, 4.69) is 0 Å². The van der Waals surface area contributed by atoms with E-state index in [4.69, 9.17) is 27.9 Å². The number of carbonyl (C=O) groups excluding carboxylic acids is 2. The number of amides is 2. The molecule has 0 aromatic heterocycles. The van der Waals surface area contributed by atoms with E-state index < -0.39 is 5.82 Å². The van der Waals surface area contributed by atoms with Gasteiger partial charge in [0.2, 0.25) is 5.91 Å². The van der Waals surface area contributed by atoms with Crippen LogP contribution in [0.4, 0.5) is 4.39 Å². The molecule has 1 fully saturated rings. The van der Waals surface area contributed by atoms with Crippen LogP contribution in [0.1, 0.15) is 15.9 Å². The van der Waals surface area contributed by atoms with Crippen molar-refractivity contribution in [3.63, 3.8) is 0 Å². The molecule has 4 rings (SSSR count). The first-order chi connectivity index (χ1) is 13.9. The number of rotatable bonds is 2. The van der Waals surface area contributed by atoms with Crippen molar-refractivity contribution in [1.82, 2.24) is 9.80 Å². The molecular weight excluding hydrogens is 418 g/mol. The molecule has 2 amide bonds. The SMILES string of the molecule is O=C(c1ccc(F)cc1Cl)N1CCN(C(=O)C2COc3ccc(Cl)cc3C2)CC1. The van der Waals surface area contributed by atoms with Crippen LogP contribution in [0.25, 0.3) is 0 Å². The molecule has 0 radical (unpaired) electrons. The second-order valence-corrected chi connectivity index (χ2v) is 8.05. The summed E-state index contributed by atoms with van der Waals surface area (Å²) >= 11 is 12.1. The molecule has 2 aromatic carbocycles. The van der Waals surface area contributed by atoms with Crippen molar-refractivity contribution in [2.24, 2.45) is 5.92 Å². The number of ether oxygens (including phenoxy) is 1. The van der Waals surface area contributed by atoms with Crippen molar-refractivity contribution in [3.8, 4) is 5.75 Å². The average molecular weight is 437 g/mol. The lowest BCUT2D eigenvalue weighted by Crippen LogP contribution is -2.53. The third-order valence-electron chi connectivity index (χ3n) is 5.32. The maximum Gasteiger partial charge on any atom is 0.255 e. The third-order valence-corrected chi connectivity index (χ3v) is 5.87. The van der Waals surface area contributed by atoms with Crippen molar-refractivity contribution in [2.45, 2.75) is 6.42 Å². The Labute approximate surface area is 177 Å². The zero-order valence-electron chi connectivity index (χ0n) is 15.5. The molecule has 0 saturated carbocycles.